The summed E-state index contributed by atoms with van der Waals surface area (Å²) in [6.07, 6.45) is 3.61. The van der Waals surface area contributed by atoms with Crippen molar-refractivity contribution in [3.05, 3.63) is 61.2 Å². The van der Waals surface area contributed by atoms with Crippen molar-refractivity contribution in [1.29, 1.82) is 0 Å². The van der Waals surface area contributed by atoms with E-state index < -0.39 is 41.6 Å². The van der Waals surface area contributed by atoms with Crippen LogP contribution < -0.4 is 0 Å². The van der Waals surface area contributed by atoms with E-state index in [0.717, 1.165) is 5.56 Å². The van der Waals surface area contributed by atoms with Gasteiger partial charge < -0.3 is 24.4 Å². The van der Waals surface area contributed by atoms with Gasteiger partial charge in [0.15, 0.2) is 0 Å². The average Bonchev–Trinajstić information content (AvgIpc) is 3.48. The molecule has 3 aliphatic heterocycles. The molecule has 206 valence electrons. The maximum Gasteiger partial charge on any atom is 0.312 e. The summed E-state index contributed by atoms with van der Waals surface area (Å²) in [5, 5.41) is 10.4. The topological polar surface area (TPSA) is 96.4 Å². The summed E-state index contributed by atoms with van der Waals surface area (Å²) in [4.78, 5) is 44.8. The van der Waals surface area contributed by atoms with Gasteiger partial charge in [-0.2, -0.15) is 0 Å². The van der Waals surface area contributed by atoms with Crippen molar-refractivity contribution in [2.75, 3.05) is 19.8 Å². The zero-order chi connectivity index (χ0) is 27.6. The van der Waals surface area contributed by atoms with Crippen molar-refractivity contribution in [2.24, 2.45) is 17.8 Å². The third kappa shape index (κ3) is 4.84. The Kier molecular flexibility index (Phi) is 8.79. The lowest BCUT2D eigenvalue weighted by atomic mass is 9.70. The van der Waals surface area contributed by atoms with Gasteiger partial charge in [0.1, 0.15) is 11.6 Å². The van der Waals surface area contributed by atoms with Gasteiger partial charge in [-0.25, -0.2) is 0 Å². The summed E-state index contributed by atoms with van der Waals surface area (Å²) in [5.41, 5.74) is -0.276. The van der Waals surface area contributed by atoms with Gasteiger partial charge in [0.25, 0.3) is 0 Å². The number of likely N-dealkylation sites (tertiary alicyclic amines) is 1. The third-order valence-corrected chi connectivity index (χ3v) is 8.84. The number of hydrogen-bond acceptors (Lipinski definition) is 6. The Bertz CT molecular complexity index is 1060. The number of aliphatic hydroxyl groups is 1. The first-order valence-corrected chi connectivity index (χ1v) is 14.1. The van der Waals surface area contributed by atoms with Gasteiger partial charge in [-0.05, 0) is 24.3 Å². The molecule has 38 heavy (non-hydrogen) atoms. The van der Waals surface area contributed by atoms with Crippen LogP contribution in [0.1, 0.15) is 32.3 Å². The molecule has 2 amide bonds. The van der Waals surface area contributed by atoms with Crippen LogP contribution in [0.25, 0.3) is 0 Å². The SMILES string of the molecule is C=CCCOC(=O)[C@H]1[C@H]2C(=O)N([C@@H](CO)C(C)C)C(C(=O)N(CC=C)Cc3ccccc3)C23CC(Br)[C@@H]1O3. The van der Waals surface area contributed by atoms with Crippen molar-refractivity contribution in [2.45, 2.75) is 61.8 Å². The molecule has 3 heterocycles. The summed E-state index contributed by atoms with van der Waals surface area (Å²) >= 11 is 3.67. The maximum absolute atomic E-state index is 14.4. The number of hydrogen-bond donors (Lipinski definition) is 1. The molecule has 3 fully saturated rings. The first kappa shape index (κ1) is 28.5. The number of benzene rings is 1. The number of ether oxygens (including phenoxy) is 2. The van der Waals surface area contributed by atoms with Crippen LogP contribution in [-0.2, 0) is 30.4 Å². The number of alkyl halides is 1. The van der Waals surface area contributed by atoms with Gasteiger partial charge in [0.05, 0.1) is 37.2 Å². The second-order valence-electron chi connectivity index (χ2n) is 10.6. The van der Waals surface area contributed by atoms with E-state index in [1.54, 1.807) is 17.1 Å². The molecule has 1 N–H and O–H groups in total. The smallest absolute Gasteiger partial charge is 0.312 e. The number of nitrogens with zero attached hydrogens (tertiary/aromatic N) is 2. The summed E-state index contributed by atoms with van der Waals surface area (Å²) < 4.78 is 12.0. The minimum absolute atomic E-state index is 0.133. The van der Waals surface area contributed by atoms with E-state index in [0.29, 0.717) is 19.4 Å². The molecule has 8 nitrogen and oxygen atoms in total. The monoisotopic (exact) mass is 588 g/mol. The van der Waals surface area contributed by atoms with Gasteiger partial charge in [-0.15, -0.1) is 13.2 Å². The van der Waals surface area contributed by atoms with Crippen LogP contribution in [0.2, 0.25) is 0 Å². The number of fused-ring (bicyclic) bond motifs is 1. The number of amides is 2. The van der Waals surface area contributed by atoms with Crippen LogP contribution in [0.5, 0.6) is 0 Å². The minimum atomic E-state index is -1.21. The molecular formula is C29H37BrN2O6. The van der Waals surface area contributed by atoms with Gasteiger partial charge >= 0.3 is 5.97 Å². The second-order valence-corrected chi connectivity index (χ2v) is 11.8. The molecule has 0 saturated carbocycles. The number of carbonyl (C=O) groups is 3. The lowest BCUT2D eigenvalue weighted by molar-refractivity contribution is -0.157. The summed E-state index contributed by atoms with van der Waals surface area (Å²) in [7, 11) is 0. The number of esters is 1. The average molecular weight is 590 g/mol. The molecule has 3 unspecified atom stereocenters. The fraction of sp³-hybridized carbons (Fsp3) is 0.552. The minimum Gasteiger partial charge on any atom is -0.465 e. The largest absolute Gasteiger partial charge is 0.465 e. The maximum atomic E-state index is 14.4. The third-order valence-electron chi connectivity index (χ3n) is 7.99. The Morgan fingerprint density at radius 3 is 2.61 bits per heavy atom. The van der Waals surface area contributed by atoms with Crippen LogP contribution in [0.15, 0.2) is 55.6 Å². The Morgan fingerprint density at radius 2 is 2.00 bits per heavy atom. The van der Waals surface area contributed by atoms with Crippen LogP contribution in [-0.4, -0.2) is 81.1 Å². The Labute approximate surface area is 232 Å². The number of aliphatic hydroxyl groups excluding tert-OH is 1. The predicted octanol–water partition coefficient (Wildman–Crippen LogP) is 3.09. The van der Waals surface area contributed by atoms with Crippen LogP contribution >= 0.6 is 15.9 Å². The lowest BCUT2D eigenvalue weighted by Crippen LogP contribution is -2.59. The molecular weight excluding hydrogens is 552 g/mol. The fourth-order valence-electron chi connectivity index (χ4n) is 6.30. The fourth-order valence-corrected chi connectivity index (χ4v) is 7.24. The van der Waals surface area contributed by atoms with E-state index in [9.17, 15) is 19.5 Å². The Balaban J connectivity index is 1.77. The quantitative estimate of drug-likeness (QED) is 0.174. The Morgan fingerprint density at radius 1 is 1.29 bits per heavy atom. The highest BCUT2D eigenvalue weighted by Crippen LogP contribution is 2.61. The summed E-state index contributed by atoms with van der Waals surface area (Å²) in [5.74, 6) is -2.99. The molecule has 7 atom stereocenters. The number of rotatable bonds is 12. The van der Waals surface area contributed by atoms with Gasteiger partial charge in [0.2, 0.25) is 11.8 Å². The highest BCUT2D eigenvalue weighted by molar-refractivity contribution is 9.09. The van der Waals surface area contributed by atoms with Gasteiger partial charge in [0, 0.05) is 17.9 Å². The summed E-state index contributed by atoms with van der Waals surface area (Å²) in [6, 6.07) is 7.99. The molecule has 1 aromatic rings. The van der Waals surface area contributed by atoms with E-state index in [-0.39, 0.29) is 42.3 Å². The van der Waals surface area contributed by atoms with E-state index in [1.165, 1.54) is 4.90 Å². The van der Waals surface area contributed by atoms with Crippen LogP contribution in [0.4, 0.5) is 0 Å². The van der Waals surface area contributed by atoms with E-state index >= 15 is 0 Å². The van der Waals surface area contributed by atoms with E-state index in [1.807, 2.05) is 44.2 Å². The molecule has 9 heteroatoms. The first-order valence-electron chi connectivity index (χ1n) is 13.2. The van der Waals surface area contributed by atoms with E-state index in [2.05, 4.69) is 29.1 Å². The van der Waals surface area contributed by atoms with E-state index in [4.69, 9.17) is 9.47 Å². The molecule has 0 aromatic heterocycles. The predicted molar refractivity (Wildman–Crippen MR) is 146 cm³/mol. The molecule has 1 spiro atoms. The van der Waals surface area contributed by atoms with Gasteiger partial charge in [-0.3, -0.25) is 14.4 Å². The zero-order valence-corrected chi connectivity index (χ0v) is 23.6. The molecule has 3 aliphatic rings. The van der Waals surface area contributed by atoms with Crippen molar-refractivity contribution >= 4 is 33.7 Å². The van der Waals surface area contributed by atoms with Crippen molar-refractivity contribution in [1.82, 2.24) is 9.80 Å². The van der Waals surface area contributed by atoms with Crippen molar-refractivity contribution in [3.63, 3.8) is 0 Å². The van der Waals surface area contributed by atoms with Crippen molar-refractivity contribution in [3.8, 4) is 0 Å². The van der Waals surface area contributed by atoms with Crippen LogP contribution in [0.3, 0.4) is 0 Å². The number of halogens is 1. The molecule has 4 rings (SSSR count). The number of carbonyl (C=O) groups excluding carboxylic acids is 3. The normalized spacial score (nSPS) is 30.3. The first-order chi connectivity index (χ1) is 18.2. The molecule has 1 aromatic carbocycles. The Hall–Kier alpha value is -2.49. The zero-order valence-electron chi connectivity index (χ0n) is 22.0. The standard InChI is InChI=1S/C29H37BrN2O6/c1-5-7-14-37-28(36)22-23-26(34)32(21(17-33)18(3)4)25(29(23)15-20(30)24(22)38-29)27(35)31(13-6-2)16-19-11-9-8-10-12-19/h5-6,8-12,18,20-25,33H,1-2,7,13-17H2,3-4H3/t20?,21-,22-,23-,24-,25?,29?/m0/s1. The molecule has 0 aliphatic carbocycles. The lowest BCUT2D eigenvalue weighted by Gasteiger charge is -2.40. The van der Waals surface area contributed by atoms with Gasteiger partial charge in [-0.1, -0.05) is 72.3 Å². The molecule has 2 bridgehead atoms. The highest BCUT2D eigenvalue weighted by Gasteiger charge is 2.77. The molecule has 3 saturated heterocycles. The van der Waals surface area contributed by atoms with Crippen molar-refractivity contribution < 1.29 is 29.0 Å². The highest BCUT2D eigenvalue weighted by atomic mass is 79.9. The second kappa shape index (κ2) is 11.7. The van der Waals surface area contributed by atoms with Crippen LogP contribution in [0, 0.1) is 17.8 Å². The summed E-state index contributed by atoms with van der Waals surface area (Å²) in [6.45, 7) is 11.7. The molecule has 0 radical (unpaired) electrons.